The first-order valence-corrected chi connectivity index (χ1v) is 7.48. The van der Waals surface area contributed by atoms with Crippen molar-refractivity contribution in [3.8, 4) is 6.19 Å². The zero-order valence-corrected chi connectivity index (χ0v) is 12.1. The number of halogens is 2. The van der Waals surface area contributed by atoms with Crippen molar-refractivity contribution in [1.82, 2.24) is 4.98 Å². The summed E-state index contributed by atoms with van der Waals surface area (Å²) in [6.45, 7) is 10.00. The first kappa shape index (κ1) is 16.7. The fraction of sp³-hybridized carbons (Fsp3) is 0.200. The van der Waals surface area contributed by atoms with Gasteiger partial charge in [0, 0.05) is 5.71 Å². The molecule has 0 amide bonds. The monoisotopic (exact) mass is 324 g/mol. The zero-order valence-electron chi connectivity index (χ0n) is 9.50. The Morgan fingerprint density at radius 1 is 1.39 bits per heavy atom. The number of aliphatic imine (C=N–C) groups is 1. The van der Waals surface area contributed by atoms with Crippen molar-refractivity contribution in [3.05, 3.63) is 35.0 Å². The fourth-order valence-corrected chi connectivity index (χ4v) is 1.02. The molecule has 8 heteroatoms. The van der Waals surface area contributed by atoms with Crippen LogP contribution in [0.15, 0.2) is 22.2 Å². The molecular formula is C10H8Cl2FeN5. The van der Waals surface area contributed by atoms with Gasteiger partial charge < -0.3 is 4.98 Å². The molecule has 0 bridgehead atoms. The molecule has 0 atom stereocenters. The van der Waals surface area contributed by atoms with Crippen LogP contribution in [0, 0.1) is 18.0 Å². The molecule has 0 aromatic carbocycles. The van der Waals surface area contributed by atoms with E-state index in [1.807, 2.05) is 0 Å². The van der Waals surface area contributed by atoms with E-state index < -0.39 is 0 Å². The van der Waals surface area contributed by atoms with Crippen molar-refractivity contribution in [2.75, 3.05) is 0 Å². The van der Waals surface area contributed by atoms with Gasteiger partial charge in [-0.3, -0.25) is 0 Å². The number of nitrogens with zero attached hydrogens (tertiary/aromatic N) is 5. The van der Waals surface area contributed by atoms with Crippen LogP contribution in [0.4, 0.5) is 0 Å². The first-order valence-electron chi connectivity index (χ1n) is 4.44. The third-order valence-electron chi connectivity index (χ3n) is 1.80. The van der Waals surface area contributed by atoms with E-state index in [0.29, 0.717) is 22.8 Å². The van der Waals surface area contributed by atoms with Crippen LogP contribution < -0.4 is 4.98 Å². The van der Waals surface area contributed by atoms with Gasteiger partial charge in [0.15, 0.2) is 0 Å². The summed E-state index contributed by atoms with van der Waals surface area (Å²) in [7, 11) is 9.53. The molecule has 0 aliphatic heterocycles. The number of rotatable bonds is 2. The summed E-state index contributed by atoms with van der Waals surface area (Å²) in [5.74, 6) is 0. The van der Waals surface area contributed by atoms with E-state index in [9.17, 15) is 0 Å². The maximum atomic E-state index is 8.37. The molecule has 0 spiro atoms. The molecule has 95 valence electrons. The summed E-state index contributed by atoms with van der Waals surface area (Å²) in [6, 6.07) is 3.49. The van der Waals surface area contributed by atoms with Crippen LogP contribution in [0.25, 0.3) is 4.95 Å². The summed E-state index contributed by atoms with van der Waals surface area (Å²) in [5, 5.41) is 11.9. The minimum atomic E-state index is 0.194. The topological polar surface area (TPSA) is 67.0 Å². The molecule has 5 nitrogen and oxygen atoms in total. The Bertz CT molecular complexity index is 477. The van der Waals surface area contributed by atoms with Gasteiger partial charge in [0.05, 0.1) is 5.10 Å². The molecule has 0 radical (unpaired) electrons. The maximum absolute atomic E-state index is 8.37. The van der Waals surface area contributed by atoms with Gasteiger partial charge >= 0.3 is 33.3 Å². The predicted molar refractivity (Wildman–Crippen MR) is 68.1 cm³/mol. The van der Waals surface area contributed by atoms with E-state index in [1.165, 1.54) is 0 Å². The van der Waals surface area contributed by atoms with Crippen LogP contribution >= 0.6 is 20.2 Å². The van der Waals surface area contributed by atoms with Crippen LogP contribution in [0.1, 0.15) is 25.2 Å². The third kappa shape index (κ3) is 5.86. The SMILES string of the molecule is [C-]#[N+]/N=C(\C)c1ccc(C(C)=NC#N)[n-]1.[Cl][Fe+][Cl]. The second-order valence-electron chi connectivity index (χ2n) is 2.85. The van der Waals surface area contributed by atoms with Gasteiger partial charge in [-0.15, -0.1) is 16.3 Å². The molecular weight excluding hydrogens is 317 g/mol. The normalized spacial score (nSPS) is 11.0. The van der Waals surface area contributed by atoms with Gasteiger partial charge in [0.1, 0.15) is 5.71 Å². The van der Waals surface area contributed by atoms with Gasteiger partial charge in [0.25, 0.3) is 0 Å². The van der Waals surface area contributed by atoms with E-state index in [0.717, 1.165) is 0 Å². The molecule has 0 unspecified atom stereocenters. The Morgan fingerprint density at radius 3 is 2.33 bits per heavy atom. The van der Waals surface area contributed by atoms with E-state index in [4.69, 9.17) is 32.0 Å². The molecule has 1 aromatic rings. The number of nitriles is 1. The standard InChI is InChI=1S/C10H8N5.2ClH.Fe/c1-7(13-6-11)9-4-5-10(14-9)8(2)15-12-3;;;/h4-5H,1-2H3;2*1H;/q-1;;;+3/p-2/b13-7?,15-8+;;;. The zero-order chi connectivity index (χ0) is 14.0. The molecule has 0 aliphatic carbocycles. The Hall–Kier alpha value is -1.30. The van der Waals surface area contributed by atoms with Crippen molar-refractivity contribution in [1.29, 1.82) is 5.26 Å². The molecule has 0 saturated heterocycles. The molecule has 1 heterocycles. The Balaban J connectivity index is 0.000000873. The van der Waals surface area contributed by atoms with Crippen molar-refractivity contribution in [2.24, 2.45) is 10.1 Å². The van der Waals surface area contributed by atoms with Crippen molar-refractivity contribution >= 4 is 31.6 Å². The second-order valence-corrected chi connectivity index (χ2v) is 4.67. The first-order chi connectivity index (χ1) is 8.60. The Kier molecular flexibility index (Phi) is 9.00. The summed E-state index contributed by atoms with van der Waals surface area (Å²) in [5.41, 5.74) is 2.37. The Labute approximate surface area is 120 Å². The molecule has 1 rings (SSSR count). The van der Waals surface area contributed by atoms with Crippen molar-refractivity contribution in [2.45, 2.75) is 13.8 Å². The predicted octanol–water partition coefficient (Wildman–Crippen LogP) is 2.95. The minimum absolute atomic E-state index is 0.194. The van der Waals surface area contributed by atoms with Crippen molar-refractivity contribution in [3.63, 3.8) is 0 Å². The van der Waals surface area contributed by atoms with E-state index in [-0.39, 0.29) is 13.1 Å². The average Bonchev–Trinajstić information content (AvgIpc) is 2.80. The second kappa shape index (κ2) is 9.70. The van der Waals surface area contributed by atoms with Gasteiger partial charge in [-0.25, -0.2) is 0 Å². The van der Waals surface area contributed by atoms with Gasteiger partial charge in [-0.05, 0) is 13.8 Å². The number of hydrogen-bond acceptors (Lipinski definition) is 3. The average molecular weight is 325 g/mol. The molecule has 0 fully saturated rings. The van der Waals surface area contributed by atoms with Crippen molar-refractivity contribution < 1.29 is 13.1 Å². The quantitative estimate of drug-likeness (QED) is 0.276. The summed E-state index contributed by atoms with van der Waals surface area (Å²) in [6.07, 6.45) is 1.70. The molecule has 0 aliphatic rings. The fourth-order valence-electron chi connectivity index (χ4n) is 1.02. The van der Waals surface area contributed by atoms with E-state index in [2.05, 4.69) is 20.0 Å². The van der Waals surface area contributed by atoms with Crippen LogP contribution in [-0.4, -0.2) is 11.4 Å². The molecule has 1 aromatic heterocycles. The van der Waals surface area contributed by atoms with E-state index in [1.54, 1.807) is 32.2 Å². The van der Waals surface area contributed by atoms with E-state index >= 15 is 0 Å². The van der Waals surface area contributed by atoms with Gasteiger partial charge in [-0.2, -0.15) is 16.8 Å². The van der Waals surface area contributed by atoms with Crippen LogP contribution in [0.2, 0.25) is 0 Å². The van der Waals surface area contributed by atoms with Gasteiger partial charge in [0.2, 0.25) is 6.19 Å². The summed E-state index contributed by atoms with van der Waals surface area (Å²) < 4.78 is 0. The summed E-state index contributed by atoms with van der Waals surface area (Å²) >= 11 is 0.194. The molecule has 0 N–H and O–H groups in total. The number of hydrogen-bond donors (Lipinski definition) is 0. The number of aromatic nitrogens is 1. The summed E-state index contributed by atoms with van der Waals surface area (Å²) in [4.78, 5) is 10.7. The molecule has 18 heavy (non-hydrogen) atoms. The molecule has 0 saturated carbocycles. The van der Waals surface area contributed by atoms with Crippen LogP contribution in [-0.2, 0) is 13.1 Å². The van der Waals surface area contributed by atoms with Crippen LogP contribution in [0.5, 0.6) is 0 Å². The van der Waals surface area contributed by atoms with Crippen LogP contribution in [0.3, 0.4) is 0 Å². The van der Waals surface area contributed by atoms with Gasteiger partial charge in [-0.1, -0.05) is 12.1 Å². The third-order valence-corrected chi connectivity index (χ3v) is 1.80. The Morgan fingerprint density at radius 2 is 1.89 bits per heavy atom.